The van der Waals surface area contributed by atoms with Gasteiger partial charge in [0.25, 0.3) is 0 Å². The summed E-state index contributed by atoms with van der Waals surface area (Å²) in [6.45, 7) is 8.02. The van der Waals surface area contributed by atoms with Crippen molar-refractivity contribution in [1.82, 2.24) is 20.5 Å². The minimum Gasteiger partial charge on any atom is -0.357 e. The lowest BCUT2D eigenvalue weighted by molar-refractivity contribution is 0.221. The fraction of sp³-hybridized carbons (Fsp3) is 0.478. The Morgan fingerprint density at radius 2 is 1.76 bits per heavy atom. The van der Waals surface area contributed by atoms with Crippen molar-refractivity contribution in [3.05, 3.63) is 65.5 Å². The SMILES string of the molecule is CCNC(=NCc1ccc(CN2CCCCC2)cc1)NCCc1cccnc1.I. The molecule has 0 radical (unpaired) electrons. The number of nitrogens with zero attached hydrogens (tertiary/aromatic N) is 3. The Hall–Kier alpha value is -1.67. The lowest BCUT2D eigenvalue weighted by Crippen LogP contribution is -2.38. The number of piperidine rings is 1. The van der Waals surface area contributed by atoms with Crippen molar-refractivity contribution in [3.63, 3.8) is 0 Å². The fourth-order valence-electron chi connectivity index (χ4n) is 3.51. The van der Waals surface area contributed by atoms with E-state index in [0.717, 1.165) is 32.0 Å². The largest absolute Gasteiger partial charge is 0.357 e. The van der Waals surface area contributed by atoms with Crippen LogP contribution in [0.4, 0.5) is 0 Å². The molecule has 5 nitrogen and oxygen atoms in total. The van der Waals surface area contributed by atoms with Crippen LogP contribution in [0.15, 0.2) is 53.8 Å². The lowest BCUT2D eigenvalue weighted by Gasteiger charge is -2.26. The van der Waals surface area contributed by atoms with Gasteiger partial charge in [-0.15, -0.1) is 24.0 Å². The number of aliphatic imine (C=N–C) groups is 1. The third kappa shape index (κ3) is 8.70. The van der Waals surface area contributed by atoms with E-state index in [2.05, 4.69) is 57.8 Å². The van der Waals surface area contributed by atoms with Crippen LogP contribution in [-0.4, -0.2) is 42.0 Å². The maximum absolute atomic E-state index is 4.73. The zero-order valence-corrected chi connectivity index (χ0v) is 19.8. The average Bonchev–Trinajstić information content (AvgIpc) is 2.74. The van der Waals surface area contributed by atoms with E-state index >= 15 is 0 Å². The smallest absolute Gasteiger partial charge is 0.191 e. The monoisotopic (exact) mass is 507 g/mol. The van der Waals surface area contributed by atoms with Gasteiger partial charge in [0.05, 0.1) is 6.54 Å². The van der Waals surface area contributed by atoms with Crippen molar-refractivity contribution >= 4 is 29.9 Å². The molecule has 0 spiro atoms. The zero-order chi connectivity index (χ0) is 19.4. The standard InChI is InChI=1S/C23H33N5.HI/c1-2-25-23(26-14-12-20-7-6-13-24-17-20)27-18-21-8-10-22(11-9-21)19-28-15-4-3-5-16-28;/h6-11,13,17H,2-5,12,14-16,18-19H2,1H3,(H2,25,26,27);1H. The van der Waals surface area contributed by atoms with Gasteiger partial charge in [-0.2, -0.15) is 0 Å². The average molecular weight is 507 g/mol. The summed E-state index contributed by atoms with van der Waals surface area (Å²) in [5.74, 6) is 0.865. The Labute approximate surface area is 192 Å². The molecule has 1 aliphatic rings. The summed E-state index contributed by atoms with van der Waals surface area (Å²) in [4.78, 5) is 11.5. The minimum atomic E-state index is 0. The Morgan fingerprint density at radius 1 is 1.00 bits per heavy atom. The lowest BCUT2D eigenvalue weighted by atomic mass is 10.1. The van der Waals surface area contributed by atoms with Gasteiger partial charge in [-0.25, -0.2) is 4.99 Å². The highest BCUT2D eigenvalue weighted by Gasteiger charge is 2.10. The summed E-state index contributed by atoms with van der Waals surface area (Å²) < 4.78 is 0. The summed E-state index contributed by atoms with van der Waals surface area (Å²) in [5.41, 5.74) is 3.87. The van der Waals surface area contributed by atoms with Crippen molar-refractivity contribution in [1.29, 1.82) is 0 Å². The molecule has 1 fully saturated rings. The molecular formula is C23H34IN5. The second-order valence-corrected chi connectivity index (χ2v) is 7.39. The summed E-state index contributed by atoms with van der Waals surface area (Å²) >= 11 is 0. The fourth-order valence-corrected chi connectivity index (χ4v) is 3.51. The molecule has 0 aliphatic carbocycles. The van der Waals surface area contributed by atoms with Crippen molar-refractivity contribution in [2.45, 2.75) is 45.7 Å². The van der Waals surface area contributed by atoms with Crippen LogP contribution in [0, 0.1) is 0 Å². The van der Waals surface area contributed by atoms with Crippen molar-refractivity contribution in [2.75, 3.05) is 26.2 Å². The number of rotatable bonds is 8. The van der Waals surface area contributed by atoms with Gasteiger partial charge in [0, 0.05) is 32.0 Å². The molecule has 3 rings (SSSR count). The van der Waals surface area contributed by atoms with Gasteiger partial charge in [0.15, 0.2) is 5.96 Å². The van der Waals surface area contributed by atoms with E-state index in [0.29, 0.717) is 6.54 Å². The maximum Gasteiger partial charge on any atom is 0.191 e. The van der Waals surface area contributed by atoms with Crippen LogP contribution in [0.1, 0.15) is 42.9 Å². The normalized spacial score (nSPS) is 14.9. The quantitative estimate of drug-likeness (QED) is 0.323. The summed E-state index contributed by atoms with van der Waals surface area (Å²) in [6.07, 6.45) is 8.72. The summed E-state index contributed by atoms with van der Waals surface area (Å²) in [5, 5.41) is 6.73. The number of pyridine rings is 1. The van der Waals surface area contributed by atoms with Gasteiger partial charge in [-0.1, -0.05) is 36.8 Å². The number of hydrogen-bond acceptors (Lipinski definition) is 3. The molecule has 1 aliphatic heterocycles. The molecule has 0 amide bonds. The van der Waals surface area contributed by atoms with E-state index in [1.165, 1.54) is 49.0 Å². The van der Waals surface area contributed by atoms with Crippen LogP contribution in [-0.2, 0) is 19.5 Å². The van der Waals surface area contributed by atoms with E-state index in [-0.39, 0.29) is 24.0 Å². The molecule has 0 bridgehead atoms. The van der Waals surface area contributed by atoms with Gasteiger partial charge in [0.1, 0.15) is 0 Å². The molecule has 2 N–H and O–H groups in total. The first-order valence-corrected chi connectivity index (χ1v) is 10.5. The number of hydrogen-bond donors (Lipinski definition) is 2. The number of likely N-dealkylation sites (tertiary alicyclic amines) is 1. The van der Waals surface area contributed by atoms with Crippen LogP contribution in [0.3, 0.4) is 0 Å². The molecule has 0 unspecified atom stereocenters. The molecule has 2 aromatic rings. The van der Waals surface area contributed by atoms with Crippen LogP contribution < -0.4 is 10.6 Å². The third-order valence-corrected chi connectivity index (χ3v) is 5.07. The molecule has 2 heterocycles. The van der Waals surface area contributed by atoms with Crippen molar-refractivity contribution in [3.8, 4) is 0 Å². The maximum atomic E-state index is 4.73. The first kappa shape index (κ1) is 23.6. The first-order valence-electron chi connectivity index (χ1n) is 10.5. The Balaban J connectivity index is 0.00000300. The van der Waals surface area contributed by atoms with Crippen LogP contribution in [0.25, 0.3) is 0 Å². The molecule has 29 heavy (non-hydrogen) atoms. The number of halogens is 1. The molecule has 1 aromatic heterocycles. The van der Waals surface area contributed by atoms with Gasteiger partial charge in [0.2, 0.25) is 0 Å². The highest BCUT2D eigenvalue weighted by Crippen LogP contribution is 2.14. The van der Waals surface area contributed by atoms with Gasteiger partial charge in [-0.05, 0) is 62.0 Å². The van der Waals surface area contributed by atoms with Crippen LogP contribution in [0.2, 0.25) is 0 Å². The Kier molecular flexibility index (Phi) is 11.0. The molecule has 158 valence electrons. The zero-order valence-electron chi connectivity index (χ0n) is 17.4. The minimum absolute atomic E-state index is 0. The Morgan fingerprint density at radius 3 is 2.45 bits per heavy atom. The second-order valence-electron chi connectivity index (χ2n) is 7.39. The van der Waals surface area contributed by atoms with Crippen LogP contribution in [0.5, 0.6) is 0 Å². The molecule has 0 saturated carbocycles. The van der Waals surface area contributed by atoms with E-state index < -0.39 is 0 Å². The van der Waals surface area contributed by atoms with Crippen LogP contribution >= 0.6 is 24.0 Å². The number of benzene rings is 1. The van der Waals surface area contributed by atoms with Gasteiger partial charge in [-0.3, -0.25) is 9.88 Å². The van der Waals surface area contributed by atoms with E-state index in [1.54, 1.807) is 6.20 Å². The van der Waals surface area contributed by atoms with E-state index in [1.807, 2.05) is 12.3 Å². The first-order chi connectivity index (χ1) is 13.8. The highest BCUT2D eigenvalue weighted by atomic mass is 127. The van der Waals surface area contributed by atoms with Crippen molar-refractivity contribution in [2.24, 2.45) is 4.99 Å². The summed E-state index contributed by atoms with van der Waals surface area (Å²) in [7, 11) is 0. The van der Waals surface area contributed by atoms with E-state index in [4.69, 9.17) is 4.99 Å². The molecule has 1 aromatic carbocycles. The highest BCUT2D eigenvalue weighted by molar-refractivity contribution is 14.0. The summed E-state index contributed by atoms with van der Waals surface area (Å²) in [6, 6.07) is 13.0. The number of guanidine groups is 1. The second kappa shape index (κ2) is 13.5. The van der Waals surface area contributed by atoms with Crippen molar-refractivity contribution < 1.29 is 0 Å². The Bertz CT molecular complexity index is 712. The van der Waals surface area contributed by atoms with Gasteiger partial charge >= 0.3 is 0 Å². The van der Waals surface area contributed by atoms with Gasteiger partial charge < -0.3 is 10.6 Å². The topological polar surface area (TPSA) is 52.6 Å². The molecular weight excluding hydrogens is 473 g/mol. The number of aromatic nitrogens is 1. The molecule has 1 saturated heterocycles. The predicted molar refractivity (Wildman–Crippen MR) is 132 cm³/mol. The van der Waals surface area contributed by atoms with E-state index in [9.17, 15) is 0 Å². The molecule has 0 atom stereocenters. The predicted octanol–water partition coefficient (Wildman–Crippen LogP) is 3.98. The number of nitrogens with one attached hydrogen (secondary N) is 2. The third-order valence-electron chi connectivity index (χ3n) is 5.07. The molecule has 6 heteroatoms.